The fraction of sp³-hybridized carbons (Fsp3) is 0.250. The molecule has 1 aromatic rings. The van der Waals surface area contributed by atoms with Crippen LogP contribution in [0, 0.1) is 12.3 Å². The maximum Gasteiger partial charge on any atom is 0.337 e. The van der Waals surface area contributed by atoms with Crippen molar-refractivity contribution in [2.75, 3.05) is 25.2 Å². The summed E-state index contributed by atoms with van der Waals surface area (Å²) in [7, 11) is -2.56. The molecule has 4 nitrogen and oxygen atoms in total. The monoisotopic (exact) mass is 251 g/mol. The lowest BCUT2D eigenvalue weighted by atomic mass is 10.2. The molecule has 0 aromatic heterocycles. The highest BCUT2D eigenvalue weighted by Gasteiger charge is 2.20. The van der Waals surface area contributed by atoms with Crippen LogP contribution < -0.4 is 10.6 Å². The second kappa shape index (κ2) is 5.07. The standard InChI is InChI=1S/C12H14NO3P/c1-4-8-13-11-9(12(14)15)6-5-7-10(11)17(2,3)16/h1,5-7,13H,8H2,2-3H3,(H,14,15). The van der Waals surface area contributed by atoms with E-state index < -0.39 is 13.1 Å². The molecule has 1 rings (SSSR count). The topological polar surface area (TPSA) is 66.4 Å². The molecule has 5 heteroatoms. The van der Waals surface area contributed by atoms with Gasteiger partial charge in [-0.05, 0) is 25.5 Å². The van der Waals surface area contributed by atoms with Gasteiger partial charge < -0.3 is 15.0 Å². The Morgan fingerprint density at radius 2 is 2.18 bits per heavy atom. The van der Waals surface area contributed by atoms with E-state index in [0.717, 1.165) is 0 Å². The van der Waals surface area contributed by atoms with Gasteiger partial charge in [-0.3, -0.25) is 0 Å². The molecule has 0 aliphatic carbocycles. The number of benzene rings is 1. The SMILES string of the molecule is C#CCNc1c(C(=O)O)cccc1P(C)(C)=O. The molecule has 0 aliphatic rings. The van der Waals surface area contributed by atoms with Crippen molar-refractivity contribution in [1.82, 2.24) is 0 Å². The smallest absolute Gasteiger partial charge is 0.337 e. The van der Waals surface area contributed by atoms with Gasteiger partial charge in [0, 0.05) is 5.30 Å². The normalized spacial score (nSPS) is 10.6. The summed E-state index contributed by atoms with van der Waals surface area (Å²) in [5.41, 5.74) is 0.438. The molecule has 0 bridgehead atoms. The molecule has 0 unspecified atom stereocenters. The number of hydrogen-bond acceptors (Lipinski definition) is 3. The molecule has 0 amide bonds. The molecule has 0 atom stereocenters. The lowest BCUT2D eigenvalue weighted by Crippen LogP contribution is -2.17. The molecule has 0 aliphatic heterocycles. The molecule has 0 fully saturated rings. The molecular weight excluding hydrogens is 237 g/mol. The van der Waals surface area contributed by atoms with E-state index in [1.54, 1.807) is 25.5 Å². The average molecular weight is 251 g/mol. The highest BCUT2D eigenvalue weighted by molar-refractivity contribution is 7.70. The van der Waals surface area contributed by atoms with Crippen LogP contribution in [0.4, 0.5) is 5.69 Å². The first-order chi connectivity index (χ1) is 7.88. The molecule has 0 heterocycles. The van der Waals surface area contributed by atoms with Crippen LogP contribution in [0.15, 0.2) is 18.2 Å². The zero-order valence-corrected chi connectivity index (χ0v) is 10.6. The Bertz CT molecular complexity index is 525. The van der Waals surface area contributed by atoms with Crippen LogP contribution in [0.5, 0.6) is 0 Å². The minimum Gasteiger partial charge on any atom is -0.478 e. The van der Waals surface area contributed by atoms with Gasteiger partial charge >= 0.3 is 5.97 Å². The molecule has 0 saturated heterocycles. The number of rotatable bonds is 4. The maximum absolute atomic E-state index is 12.1. The number of para-hydroxylation sites is 1. The number of anilines is 1. The lowest BCUT2D eigenvalue weighted by molar-refractivity contribution is 0.0698. The molecule has 1 aromatic carbocycles. The number of carboxylic acid groups (broad SMARTS) is 1. The lowest BCUT2D eigenvalue weighted by Gasteiger charge is -2.16. The Morgan fingerprint density at radius 3 is 2.65 bits per heavy atom. The number of nitrogens with one attached hydrogen (secondary N) is 1. The van der Waals surface area contributed by atoms with Gasteiger partial charge in [-0.25, -0.2) is 4.79 Å². The Labute approximate surface area is 100 Å². The predicted octanol–water partition coefficient (Wildman–Crippen LogP) is 1.68. The van der Waals surface area contributed by atoms with E-state index in [0.29, 0.717) is 11.0 Å². The minimum absolute atomic E-state index is 0.0849. The van der Waals surface area contributed by atoms with E-state index in [4.69, 9.17) is 11.5 Å². The van der Waals surface area contributed by atoms with Crippen LogP contribution in [-0.4, -0.2) is 31.0 Å². The summed E-state index contributed by atoms with van der Waals surface area (Å²) in [6.07, 6.45) is 5.13. The average Bonchev–Trinajstić information content (AvgIpc) is 2.24. The zero-order chi connectivity index (χ0) is 13.1. The fourth-order valence-corrected chi connectivity index (χ4v) is 2.68. The van der Waals surface area contributed by atoms with Crippen molar-refractivity contribution >= 4 is 24.1 Å². The molecule has 2 N–H and O–H groups in total. The van der Waals surface area contributed by atoms with E-state index in [1.807, 2.05) is 0 Å². The largest absolute Gasteiger partial charge is 0.478 e. The minimum atomic E-state index is -2.56. The van der Waals surface area contributed by atoms with Crippen LogP contribution >= 0.6 is 7.14 Å². The third-order valence-corrected chi connectivity index (χ3v) is 3.75. The van der Waals surface area contributed by atoms with E-state index >= 15 is 0 Å². The third kappa shape index (κ3) is 3.12. The number of hydrogen-bond donors (Lipinski definition) is 2. The number of carboxylic acids is 1. The molecule has 90 valence electrons. The molecule has 0 radical (unpaired) electrons. The first-order valence-corrected chi connectivity index (χ1v) is 7.57. The Hall–Kier alpha value is -1.72. The Kier molecular flexibility index (Phi) is 3.98. The second-order valence-electron chi connectivity index (χ2n) is 3.91. The van der Waals surface area contributed by atoms with Crippen LogP contribution in [0.2, 0.25) is 0 Å². The second-order valence-corrected chi connectivity index (χ2v) is 7.10. The van der Waals surface area contributed by atoms with Gasteiger partial charge in [0.1, 0.15) is 7.14 Å². The van der Waals surface area contributed by atoms with Gasteiger partial charge in [0.05, 0.1) is 17.8 Å². The van der Waals surface area contributed by atoms with Crippen LogP contribution in [0.1, 0.15) is 10.4 Å². The summed E-state index contributed by atoms with van der Waals surface area (Å²) >= 11 is 0. The number of carbonyl (C=O) groups is 1. The first kappa shape index (κ1) is 13.3. The summed E-state index contributed by atoms with van der Waals surface area (Å²) in [5, 5.41) is 12.4. The quantitative estimate of drug-likeness (QED) is 0.631. The van der Waals surface area contributed by atoms with Gasteiger partial charge in [0.2, 0.25) is 0 Å². The molecular formula is C12H14NO3P. The molecule has 0 saturated carbocycles. The van der Waals surface area contributed by atoms with Gasteiger partial charge in [0.25, 0.3) is 0 Å². The summed E-state index contributed by atoms with van der Waals surface area (Å²) in [6, 6.07) is 4.70. The predicted molar refractivity (Wildman–Crippen MR) is 69.8 cm³/mol. The van der Waals surface area contributed by atoms with E-state index in [9.17, 15) is 9.36 Å². The first-order valence-electron chi connectivity index (χ1n) is 4.97. The van der Waals surface area contributed by atoms with E-state index in [2.05, 4.69) is 11.2 Å². The van der Waals surface area contributed by atoms with Crippen LogP contribution in [-0.2, 0) is 4.57 Å². The van der Waals surface area contributed by atoms with Gasteiger partial charge in [-0.2, -0.15) is 0 Å². The van der Waals surface area contributed by atoms with E-state index in [1.165, 1.54) is 6.07 Å². The summed E-state index contributed by atoms with van der Waals surface area (Å²) in [4.78, 5) is 11.1. The zero-order valence-electron chi connectivity index (χ0n) is 9.73. The van der Waals surface area contributed by atoms with Crippen molar-refractivity contribution < 1.29 is 14.5 Å². The van der Waals surface area contributed by atoms with Crippen molar-refractivity contribution in [3.8, 4) is 12.3 Å². The summed E-state index contributed by atoms with van der Waals surface area (Å²) in [5.74, 6) is 1.30. The summed E-state index contributed by atoms with van der Waals surface area (Å²) < 4.78 is 12.1. The summed E-state index contributed by atoms with van der Waals surface area (Å²) in [6.45, 7) is 3.38. The van der Waals surface area contributed by atoms with Crippen molar-refractivity contribution in [1.29, 1.82) is 0 Å². The van der Waals surface area contributed by atoms with Crippen molar-refractivity contribution in [2.45, 2.75) is 0 Å². The number of terminal acetylenes is 1. The van der Waals surface area contributed by atoms with Crippen LogP contribution in [0.3, 0.4) is 0 Å². The van der Waals surface area contributed by atoms with Gasteiger partial charge in [-0.15, -0.1) is 6.42 Å². The van der Waals surface area contributed by atoms with E-state index in [-0.39, 0.29) is 12.1 Å². The highest BCUT2D eigenvalue weighted by Crippen LogP contribution is 2.38. The van der Waals surface area contributed by atoms with Crippen molar-refractivity contribution in [2.24, 2.45) is 0 Å². The Morgan fingerprint density at radius 1 is 1.53 bits per heavy atom. The number of aromatic carboxylic acids is 1. The van der Waals surface area contributed by atoms with Crippen molar-refractivity contribution in [3.05, 3.63) is 23.8 Å². The molecule has 17 heavy (non-hydrogen) atoms. The van der Waals surface area contributed by atoms with Crippen LogP contribution in [0.25, 0.3) is 0 Å². The maximum atomic E-state index is 12.1. The van der Waals surface area contributed by atoms with Gasteiger partial charge in [-0.1, -0.05) is 12.0 Å². The fourth-order valence-electron chi connectivity index (χ4n) is 1.49. The van der Waals surface area contributed by atoms with Gasteiger partial charge in [0.15, 0.2) is 0 Å². The highest BCUT2D eigenvalue weighted by atomic mass is 31.2. The molecule has 0 spiro atoms. The Balaban J connectivity index is 3.41. The third-order valence-electron chi connectivity index (χ3n) is 2.22. The van der Waals surface area contributed by atoms with Crippen molar-refractivity contribution in [3.63, 3.8) is 0 Å².